The van der Waals surface area contributed by atoms with Gasteiger partial charge in [0.05, 0.1) is 24.7 Å². The molecule has 0 saturated carbocycles. The highest BCUT2D eigenvalue weighted by Crippen LogP contribution is 2.23. The zero-order valence-corrected chi connectivity index (χ0v) is 20.5. The van der Waals surface area contributed by atoms with Crippen LogP contribution in [0.2, 0.25) is 0 Å². The fraction of sp³-hybridized carbons (Fsp3) is 0.100. The second kappa shape index (κ2) is 10.6. The molecular formula is C20H18BrN5O5S2. The number of hydrogen-bond acceptors (Lipinski definition) is 8. The number of nitrogens with one attached hydrogen (secondary N) is 3. The van der Waals surface area contributed by atoms with E-state index >= 15 is 0 Å². The number of halogens is 1. The van der Waals surface area contributed by atoms with Gasteiger partial charge in [-0.15, -0.1) is 0 Å². The third-order valence-corrected chi connectivity index (χ3v) is 6.21. The number of carbonyl (C=O) groups excluding carboxylic acids is 1. The van der Waals surface area contributed by atoms with Gasteiger partial charge in [0.15, 0.2) is 5.11 Å². The molecule has 0 saturated heterocycles. The standard InChI is InChI=1S/C20H18BrN5O5S2/c1-30-16-8-3-12(21)9-15(16)19(27)25-20(32)24-13-4-6-14(7-5-13)33(28,29)26-17-10-18(31-2)23-11-22-17/h3-11H,1-2H3,(H,22,23,26)(H2,24,25,27,32). The molecule has 0 bridgehead atoms. The number of hydrogen-bond donors (Lipinski definition) is 3. The van der Waals surface area contributed by atoms with Crippen molar-refractivity contribution in [3.63, 3.8) is 0 Å². The third kappa shape index (κ3) is 6.37. The van der Waals surface area contributed by atoms with Gasteiger partial charge in [-0.1, -0.05) is 15.9 Å². The number of benzene rings is 2. The topological polar surface area (TPSA) is 132 Å². The Kier molecular flexibility index (Phi) is 7.79. The molecule has 0 aliphatic heterocycles. The summed E-state index contributed by atoms with van der Waals surface area (Å²) in [6.45, 7) is 0. The fourth-order valence-electron chi connectivity index (χ4n) is 2.61. The minimum absolute atomic E-state index is 0.000504. The lowest BCUT2D eigenvalue weighted by Gasteiger charge is -2.12. The number of ether oxygens (including phenoxy) is 2. The number of amides is 1. The van der Waals surface area contributed by atoms with Crippen LogP contribution in [0.25, 0.3) is 0 Å². The molecule has 0 radical (unpaired) electrons. The first-order valence-electron chi connectivity index (χ1n) is 9.16. The zero-order valence-electron chi connectivity index (χ0n) is 17.3. The van der Waals surface area contributed by atoms with E-state index < -0.39 is 15.9 Å². The summed E-state index contributed by atoms with van der Waals surface area (Å²) in [5.41, 5.74) is 0.772. The van der Waals surface area contributed by atoms with Crippen LogP contribution >= 0.6 is 28.1 Å². The van der Waals surface area contributed by atoms with Crippen molar-refractivity contribution in [2.24, 2.45) is 0 Å². The van der Waals surface area contributed by atoms with E-state index in [1.807, 2.05) is 0 Å². The third-order valence-electron chi connectivity index (χ3n) is 4.15. The highest BCUT2D eigenvalue weighted by molar-refractivity contribution is 9.10. The number of thiocarbonyl (C=S) groups is 1. The average molecular weight is 552 g/mol. The molecule has 0 atom stereocenters. The van der Waals surface area contributed by atoms with Crippen molar-refractivity contribution >= 4 is 60.7 Å². The van der Waals surface area contributed by atoms with Crippen LogP contribution in [0.1, 0.15) is 10.4 Å². The van der Waals surface area contributed by atoms with Crippen molar-refractivity contribution in [2.45, 2.75) is 4.90 Å². The first-order valence-corrected chi connectivity index (χ1v) is 11.8. The highest BCUT2D eigenvalue weighted by atomic mass is 79.9. The molecule has 2 aromatic carbocycles. The van der Waals surface area contributed by atoms with E-state index in [0.717, 1.165) is 0 Å². The minimum Gasteiger partial charge on any atom is -0.496 e. The van der Waals surface area contributed by atoms with Gasteiger partial charge in [-0.05, 0) is 54.7 Å². The SMILES string of the molecule is COc1cc(NS(=O)(=O)c2ccc(NC(=S)NC(=O)c3cc(Br)ccc3OC)cc2)ncn1. The number of aromatic nitrogens is 2. The van der Waals surface area contributed by atoms with Crippen molar-refractivity contribution < 1.29 is 22.7 Å². The average Bonchev–Trinajstić information content (AvgIpc) is 2.79. The summed E-state index contributed by atoms with van der Waals surface area (Å²) in [5, 5.41) is 5.42. The Morgan fingerprint density at radius 2 is 1.76 bits per heavy atom. The Balaban J connectivity index is 1.65. The molecule has 0 spiro atoms. The van der Waals surface area contributed by atoms with Crippen LogP contribution in [-0.2, 0) is 10.0 Å². The fourth-order valence-corrected chi connectivity index (χ4v) is 4.18. The van der Waals surface area contributed by atoms with Crippen LogP contribution in [0.15, 0.2) is 64.2 Å². The van der Waals surface area contributed by atoms with E-state index in [2.05, 4.69) is 41.3 Å². The van der Waals surface area contributed by atoms with Gasteiger partial charge in [0, 0.05) is 16.2 Å². The number of carbonyl (C=O) groups is 1. The highest BCUT2D eigenvalue weighted by Gasteiger charge is 2.17. The molecule has 0 aliphatic carbocycles. The lowest BCUT2D eigenvalue weighted by atomic mass is 10.2. The molecule has 3 aromatic rings. The Labute approximate surface area is 203 Å². The van der Waals surface area contributed by atoms with Crippen LogP contribution in [0.5, 0.6) is 11.6 Å². The van der Waals surface area contributed by atoms with Gasteiger partial charge in [-0.3, -0.25) is 14.8 Å². The molecular weight excluding hydrogens is 534 g/mol. The number of sulfonamides is 1. The molecule has 10 nitrogen and oxygen atoms in total. The number of rotatable bonds is 7. The molecule has 172 valence electrons. The first kappa shape index (κ1) is 24.4. The smallest absolute Gasteiger partial charge is 0.263 e. The molecule has 0 unspecified atom stereocenters. The molecule has 3 rings (SSSR count). The molecule has 1 aromatic heterocycles. The van der Waals surface area contributed by atoms with Crippen LogP contribution in [0.3, 0.4) is 0 Å². The molecule has 0 fully saturated rings. The van der Waals surface area contributed by atoms with Crippen LogP contribution in [0.4, 0.5) is 11.5 Å². The van der Waals surface area contributed by atoms with Crippen molar-refractivity contribution in [3.8, 4) is 11.6 Å². The maximum atomic E-state index is 12.6. The quantitative estimate of drug-likeness (QED) is 0.378. The summed E-state index contributed by atoms with van der Waals surface area (Å²) in [7, 11) is -1.02. The van der Waals surface area contributed by atoms with Gasteiger partial charge in [-0.2, -0.15) is 0 Å². The second-order valence-electron chi connectivity index (χ2n) is 6.33. The summed E-state index contributed by atoms with van der Waals surface area (Å²) in [5.74, 6) is 0.213. The van der Waals surface area contributed by atoms with E-state index in [0.29, 0.717) is 21.5 Å². The monoisotopic (exact) mass is 551 g/mol. The van der Waals surface area contributed by atoms with Gasteiger partial charge in [0.1, 0.15) is 17.9 Å². The Morgan fingerprint density at radius 1 is 1.03 bits per heavy atom. The molecule has 33 heavy (non-hydrogen) atoms. The lowest BCUT2D eigenvalue weighted by Crippen LogP contribution is -2.34. The summed E-state index contributed by atoms with van der Waals surface area (Å²) >= 11 is 8.50. The van der Waals surface area contributed by atoms with E-state index in [-0.39, 0.29) is 21.7 Å². The van der Waals surface area contributed by atoms with Crippen LogP contribution in [0, 0.1) is 0 Å². The van der Waals surface area contributed by atoms with Gasteiger partial charge >= 0.3 is 0 Å². The molecule has 1 heterocycles. The first-order chi connectivity index (χ1) is 15.7. The molecule has 1 amide bonds. The number of methoxy groups -OCH3 is 2. The summed E-state index contributed by atoms with van der Waals surface area (Å²) in [6.07, 6.45) is 1.18. The van der Waals surface area contributed by atoms with Crippen molar-refractivity contribution in [3.05, 3.63) is 64.9 Å². The van der Waals surface area contributed by atoms with Crippen molar-refractivity contribution in [1.29, 1.82) is 0 Å². The zero-order chi connectivity index (χ0) is 24.0. The van der Waals surface area contributed by atoms with Crippen molar-refractivity contribution in [1.82, 2.24) is 15.3 Å². The lowest BCUT2D eigenvalue weighted by molar-refractivity contribution is 0.0974. The van der Waals surface area contributed by atoms with Gasteiger partial charge < -0.3 is 14.8 Å². The van der Waals surface area contributed by atoms with E-state index in [1.165, 1.54) is 50.9 Å². The number of nitrogens with zero attached hydrogens (tertiary/aromatic N) is 2. The normalized spacial score (nSPS) is 10.8. The summed E-state index contributed by atoms with van der Waals surface area (Å²) in [4.78, 5) is 20.2. The minimum atomic E-state index is -3.89. The van der Waals surface area contributed by atoms with Gasteiger partial charge in [0.25, 0.3) is 15.9 Å². The largest absolute Gasteiger partial charge is 0.496 e. The predicted molar refractivity (Wildman–Crippen MR) is 130 cm³/mol. The Bertz CT molecular complexity index is 1290. The van der Waals surface area contributed by atoms with Crippen LogP contribution < -0.4 is 24.8 Å². The maximum Gasteiger partial charge on any atom is 0.263 e. The number of anilines is 2. The Morgan fingerprint density at radius 3 is 2.42 bits per heavy atom. The second-order valence-corrected chi connectivity index (χ2v) is 9.33. The van der Waals surface area contributed by atoms with Gasteiger partial charge in [-0.25, -0.2) is 18.4 Å². The summed E-state index contributed by atoms with van der Waals surface area (Å²) < 4.78 is 38.4. The summed E-state index contributed by atoms with van der Waals surface area (Å²) in [6, 6.07) is 12.1. The van der Waals surface area contributed by atoms with Crippen molar-refractivity contribution in [2.75, 3.05) is 24.3 Å². The van der Waals surface area contributed by atoms with Gasteiger partial charge in [0.2, 0.25) is 5.88 Å². The van der Waals surface area contributed by atoms with Crippen LogP contribution in [-0.4, -0.2) is 43.6 Å². The van der Waals surface area contributed by atoms with E-state index in [4.69, 9.17) is 21.7 Å². The molecule has 3 N–H and O–H groups in total. The molecule has 0 aliphatic rings. The predicted octanol–water partition coefficient (Wildman–Crippen LogP) is 3.18. The maximum absolute atomic E-state index is 12.6. The van der Waals surface area contributed by atoms with E-state index in [1.54, 1.807) is 18.2 Å². The van der Waals surface area contributed by atoms with E-state index in [9.17, 15) is 13.2 Å². The molecule has 13 heteroatoms. The Hall–Kier alpha value is -3.29.